The van der Waals surface area contributed by atoms with Crippen LogP contribution in [0.3, 0.4) is 0 Å². The first-order chi connectivity index (χ1) is 7.88. The molecule has 0 bridgehead atoms. The molecule has 1 aliphatic rings. The Hall–Kier alpha value is -1.07. The summed E-state index contributed by atoms with van der Waals surface area (Å²) < 4.78 is 5.00. The van der Waals surface area contributed by atoms with Gasteiger partial charge in [-0.3, -0.25) is 0 Å². The number of halogens is 1. The van der Waals surface area contributed by atoms with Gasteiger partial charge in [-0.15, -0.1) is 12.4 Å². The van der Waals surface area contributed by atoms with Crippen LogP contribution >= 0.6 is 12.4 Å². The Kier molecular flexibility index (Phi) is 6.00. The average Bonchev–Trinajstić information content (AvgIpc) is 2.38. The summed E-state index contributed by atoms with van der Waals surface area (Å²) in [4.78, 5) is 8.34. The van der Waals surface area contributed by atoms with Gasteiger partial charge in [0, 0.05) is 6.54 Å². The number of nitrogens with zero attached hydrogens (tertiary/aromatic N) is 2. The molecule has 1 aromatic rings. The summed E-state index contributed by atoms with van der Waals surface area (Å²) in [6.07, 6.45) is 5.81. The minimum Gasteiger partial charge on any atom is -0.494 e. The lowest BCUT2D eigenvalue weighted by atomic mass is 9.98. The lowest BCUT2D eigenvalue weighted by molar-refractivity contribution is 0.389. The second kappa shape index (κ2) is 7.29. The van der Waals surface area contributed by atoms with Crippen molar-refractivity contribution < 1.29 is 4.74 Å². The van der Waals surface area contributed by atoms with Crippen molar-refractivity contribution in [3.8, 4) is 5.75 Å². The molecule has 1 fully saturated rings. The van der Waals surface area contributed by atoms with E-state index in [1.165, 1.54) is 12.8 Å². The Labute approximate surface area is 108 Å². The van der Waals surface area contributed by atoms with Gasteiger partial charge in [0.1, 0.15) is 0 Å². The predicted octanol–water partition coefficient (Wildman–Crippen LogP) is 1.32. The van der Waals surface area contributed by atoms with Crippen molar-refractivity contribution in [1.82, 2.24) is 15.3 Å². The van der Waals surface area contributed by atoms with Crippen LogP contribution in [-0.4, -0.2) is 36.7 Å². The second-order valence-electron chi connectivity index (χ2n) is 4.02. The average molecular weight is 259 g/mol. The van der Waals surface area contributed by atoms with Gasteiger partial charge in [-0.05, 0) is 31.8 Å². The number of nitrogens with one attached hydrogen (secondary N) is 2. The van der Waals surface area contributed by atoms with Crippen LogP contribution in [-0.2, 0) is 0 Å². The highest BCUT2D eigenvalue weighted by molar-refractivity contribution is 5.85. The highest BCUT2D eigenvalue weighted by Crippen LogP contribution is 2.12. The zero-order chi connectivity index (χ0) is 11.2. The molecule has 5 nitrogen and oxygen atoms in total. The van der Waals surface area contributed by atoms with Crippen molar-refractivity contribution in [1.29, 1.82) is 0 Å². The van der Waals surface area contributed by atoms with Crippen LogP contribution in [0.2, 0.25) is 0 Å². The summed E-state index contributed by atoms with van der Waals surface area (Å²) in [6, 6.07) is 0. The number of rotatable bonds is 4. The summed E-state index contributed by atoms with van der Waals surface area (Å²) in [7, 11) is 1.61. The van der Waals surface area contributed by atoms with E-state index in [0.29, 0.717) is 11.7 Å². The number of methoxy groups -OCH3 is 1. The zero-order valence-corrected chi connectivity index (χ0v) is 10.8. The van der Waals surface area contributed by atoms with Crippen LogP contribution in [0.25, 0.3) is 0 Å². The van der Waals surface area contributed by atoms with Gasteiger partial charge in [0.15, 0.2) is 5.75 Å². The van der Waals surface area contributed by atoms with Gasteiger partial charge < -0.3 is 15.4 Å². The van der Waals surface area contributed by atoms with Crippen molar-refractivity contribution in [3.05, 3.63) is 12.4 Å². The fraction of sp³-hybridized carbons (Fsp3) is 0.636. The summed E-state index contributed by atoms with van der Waals surface area (Å²) >= 11 is 0. The third-order valence-electron chi connectivity index (χ3n) is 2.87. The molecule has 0 unspecified atom stereocenters. The van der Waals surface area contributed by atoms with Gasteiger partial charge in [0.25, 0.3) is 0 Å². The Morgan fingerprint density at radius 3 is 2.59 bits per heavy atom. The molecule has 0 amide bonds. The van der Waals surface area contributed by atoms with Crippen LogP contribution in [0.1, 0.15) is 12.8 Å². The quantitative estimate of drug-likeness (QED) is 0.853. The van der Waals surface area contributed by atoms with E-state index in [0.717, 1.165) is 25.6 Å². The van der Waals surface area contributed by atoms with Crippen molar-refractivity contribution in [2.45, 2.75) is 12.8 Å². The van der Waals surface area contributed by atoms with E-state index in [9.17, 15) is 0 Å². The Balaban J connectivity index is 0.00000144. The largest absolute Gasteiger partial charge is 0.494 e. The molecule has 2 heterocycles. The molecule has 0 aromatic carbocycles. The number of piperidine rings is 1. The third kappa shape index (κ3) is 4.36. The van der Waals surface area contributed by atoms with E-state index in [4.69, 9.17) is 4.74 Å². The van der Waals surface area contributed by atoms with E-state index in [2.05, 4.69) is 20.6 Å². The highest BCUT2D eigenvalue weighted by Gasteiger charge is 2.12. The SMILES string of the molecule is COc1cnc(NCC2CCNCC2)nc1.Cl. The first-order valence-corrected chi connectivity index (χ1v) is 5.69. The third-order valence-corrected chi connectivity index (χ3v) is 2.87. The van der Waals surface area contributed by atoms with Crippen LogP contribution < -0.4 is 15.4 Å². The van der Waals surface area contributed by atoms with Gasteiger partial charge in [-0.25, -0.2) is 9.97 Å². The Morgan fingerprint density at radius 2 is 2.00 bits per heavy atom. The standard InChI is InChI=1S/C11H18N4O.ClH/c1-16-10-7-14-11(15-8-10)13-6-9-2-4-12-5-3-9;/h7-9,12H,2-6H2,1H3,(H,13,14,15);1H. The Morgan fingerprint density at radius 1 is 1.35 bits per heavy atom. The van der Waals surface area contributed by atoms with Gasteiger partial charge in [-0.1, -0.05) is 0 Å². The molecular weight excluding hydrogens is 240 g/mol. The molecule has 0 saturated carbocycles. The van der Waals surface area contributed by atoms with Gasteiger partial charge >= 0.3 is 0 Å². The molecule has 1 aromatic heterocycles. The molecular formula is C11H19ClN4O. The fourth-order valence-electron chi connectivity index (χ4n) is 1.83. The van der Waals surface area contributed by atoms with E-state index >= 15 is 0 Å². The molecule has 0 radical (unpaired) electrons. The van der Waals surface area contributed by atoms with Crippen LogP contribution in [0.4, 0.5) is 5.95 Å². The van der Waals surface area contributed by atoms with Crippen LogP contribution in [0.15, 0.2) is 12.4 Å². The molecule has 1 saturated heterocycles. The molecule has 2 N–H and O–H groups in total. The molecule has 17 heavy (non-hydrogen) atoms. The predicted molar refractivity (Wildman–Crippen MR) is 69.9 cm³/mol. The number of aromatic nitrogens is 2. The summed E-state index contributed by atoms with van der Waals surface area (Å²) in [5.41, 5.74) is 0. The second-order valence-corrected chi connectivity index (χ2v) is 4.02. The fourth-order valence-corrected chi connectivity index (χ4v) is 1.83. The lowest BCUT2D eigenvalue weighted by Gasteiger charge is -2.22. The Bertz CT molecular complexity index is 314. The molecule has 2 rings (SSSR count). The van der Waals surface area contributed by atoms with Crippen LogP contribution in [0.5, 0.6) is 5.75 Å². The number of anilines is 1. The van der Waals surface area contributed by atoms with E-state index in [-0.39, 0.29) is 12.4 Å². The maximum Gasteiger partial charge on any atom is 0.222 e. The van der Waals surface area contributed by atoms with Crippen molar-refractivity contribution in [2.24, 2.45) is 5.92 Å². The maximum absolute atomic E-state index is 5.00. The molecule has 96 valence electrons. The molecule has 0 aliphatic carbocycles. The monoisotopic (exact) mass is 258 g/mol. The molecule has 1 aliphatic heterocycles. The number of ether oxygens (including phenoxy) is 1. The first kappa shape index (κ1) is 14.0. The minimum absolute atomic E-state index is 0. The maximum atomic E-state index is 5.00. The summed E-state index contributed by atoms with van der Waals surface area (Å²) in [5, 5.41) is 6.61. The van der Waals surface area contributed by atoms with E-state index in [1.807, 2.05) is 0 Å². The minimum atomic E-state index is 0. The molecule has 0 spiro atoms. The van der Waals surface area contributed by atoms with Gasteiger partial charge in [0.2, 0.25) is 5.95 Å². The number of hydrogen-bond acceptors (Lipinski definition) is 5. The first-order valence-electron chi connectivity index (χ1n) is 5.69. The van der Waals surface area contributed by atoms with Crippen molar-refractivity contribution >= 4 is 18.4 Å². The summed E-state index contributed by atoms with van der Waals surface area (Å²) in [5.74, 6) is 2.10. The smallest absolute Gasteiger partial charge is 0.222 e. The van der Waals surface area contributed by atoms with E-state index < -0.39 is 0 Å². The lowest BCUT2D eigenvalue weighted by Crippen LogP contribution is -2.31. The van der Waals surface area contributed by atoms with Gasteiger partial charge in [0.05, 0.1) is 19.5 Å². The summed E-state index contributed by atoms with van der Waals surface area (Å²) in [6.45, 7) is 3.19. The van der Waals surface area contributed by atoms with Crippen molar-refractivity contribution in [3.63, 3.8) is 0 Å². The molecule has 6 heteroatoms. The topological polar surface area (TPSA) is 59.1 Å². The van der Waals surface area contributed by atoms with Crippen LogP contribution in [0, 0.1) is 5.92 Å². The van der Waals surface area contributed by atoms with Crippen molar-refractivity contribution in [2.75, 3.05) is 32.1 Å². The van der Waals surface area contributed by atoms with E-state index in [1.54, 1.807) is 19.5 Å². The zero-order valence-electron chi connectivity index (χ0n) is 9.98. The normalized spacial score (nSPS) is 16.1. The number of hydrogen-bond donors (Lipinski definition) is 2. The van der Waals surface area contributed by atoms with Gasteiger partial charge in [-0.2, -0.15) is 0 Å². The molecule has 0 atom stereocenters. The highest BCUT2D eigenvalue weighted by atomic mass is 35.5.